The van der Waals surface area contributed by atoms with Crippen molar-refractivity contribution in [2.24, 2.45) is 0 Å². The first kappa shape index (κ1) is 11.6. The van der Waals surface area contributed by atoms with Crippen molar-refractivity contribution >= 4 is 0 Å². The van der Waals surface area contributed by atoms with Crippen molar-refractivity contribution in [3.63, 3.8) is 0 Å². The first-order chi connectivity index (χ1) is 7.95. The van der Waals surface area contributed by atoms with Gasteiger partial charge in [-0.2, -0.15) is 18.3 Å². The quantitative estimate of drug-likeness (QED) is 0.809. The Hall–Kier alpha value is -1.85. The Bertz CT molecular complexity index is 499. The van der Waals surface area contributed by atoms with E-state index < -0.39 is 11.9 Å². The second-order valence-electron chi connectivity index (χ2n) is 3.76. The molecule has 0 atom stereocenters. The van der Waals surface area contributed by atoms with Gasteiger partial charge in [0.15, 0.2) is 0 Å². The Morgan fingerprint density at radius 1 is 1.24 bits per heavy atom. The van der Waals surface area contributed by atoms with Crippen LogP contribution in [0.1, 0.15) is 16.8 Å². The van der Waals surface area contributed by atoms with Gasteiger partial charge in [0.25, 0.3) is 0 Å². The standard InChI is InChI=1S/C11H10F3N3/c1-8-4-16-17(6-8)7-9-2-3-10(15-5-9)11(12,13)14/h2-6H,7H2,1H3. The third kappa shape index (κ3) is 2.83. The van der Waals surface area contributed by atoms with E-state index in [2.05, 4.69) is 10.1 Å². The van der Waals surface area contributed by atoms with Crippen LogP contribution < -0.4 is 0 Å². The lowest BCUT2D eigenvalue weighted by Crippen LogP contribution is -2.08. The minimum atomic E-state index is -4.39. The molecule has 0 saturated heterocycles. The zero-order valence-corrected chi connectivity index (χ0v) is 9.07. The number of halogens is 3. The normalized spacial score (nSPS) is 11.8. The second-order valence-corrected chi connectivity index (χ2v) is 3.76. The lowest BCUT2D eigenvalue weighted by atomic mass is 10.2. The van der Waals surface area contributed by atoms with E-state index in [1.165, 1.54) is 12.3 Å². The molecule has 0 bridgehead atoms. The van der Waals surface area contributed by atoms with Crippen LogP contribution in [0.15, 0.2) is 30.7 Å². The maximum Gasteiger partial charge on any atom is 0.433 e. The summed E-state index contributed by atoms with van der Waals surface area (Å²) in [4.78, 5) is 3.39. The average Bonchev–Trinajstić information content (AvgIpc) is 2.63. The molecule has 0 aliphatic carbocycles. The van der Waals surface area contributed by atoms with Gasteiger partial charge < -0.3 is 0 Å². The summed E-state index contributed by atoms with van der Waals surface area (Å²) in [6.07, 6.45) is 0.343. The zero-order valence-electron chi connectivity index (χ0n) is 9.07. The van der Waals surface area contributed by atoms with Crippen LogP contribution in [0.2, 0.25) is 0 Å². The van der Waals surface area contributed by atoms with Crippen LogP contribution in [0.25, 0.3) is 0 Å². The Labute approximate surface area is 95.9 Å². The van der Waals surface area contributed by atoms with Crippen molar-refractivity contribution in [3.8, 4) is 0 Å². The van der Waals surface area contributed by atoms with Crippen LogP contribution in [0.5, 0.6) is 0 Å². The predicted octanol–water partition coefficient (Wildman–Crippen LogP) is 2.65. The van der Waals surface area contributed by atoms with Crippen molar-refractivity contribution in [2.75, 3.05) is 0 Å². The van der Waals surface area contributed by atoms with Gasteiger partial charge in [0.2, 0.25) is 0 Å². The SMILES string of the molecule is Cc1cnn(Cc2ccc(C(F)(F)F)nc2)c1. The number of pyridine rings is 1. The molecule has 0 aromatic carbocycles. The number of rotatable bonds is 2. The van der Waals surface area contributed by atoms with Gasteiger partial charge in [-0.25, -0.2) is 0 Å². The summed E-state index contributed by atoms with van der Waals surface area (Å²) in [5.74, 6) is 0. The summed E-state index contributed by atoms with van der Waals surface area (Å²) >= 11 is 0. The van der Waals surface area contributed by atoms with E-state index >= 15 is 0 Å². The predicted molar refractivity (Wildman–Crippen MR) is 55.3 cm³/mol. The van der Waals surface area contributed by atoms with Crippen molar-refractivity contribution in [1.29, 1.82) is 0 Å². The van der Waals surface area contributed by atoms with Gasteiger partial charge in [0, 0.05) is 12.4 Å². The smallest absolute Gasteiger partial charge is 0.268 e. The monoisotopic (exact) mass is 241 g/mol. The molecule has 17 heavy (non-hydrogen) atoms. The van der Waals surface area contributed by atoms with Gasteiger partial charge in [-0.05, 0) is 24.1 Å². The van der Waals surface area contributed by atoms with E-state index in [0.717, 1.165) is 11.6 Å². The van der Waals surface area contributed by atoms with Gasteiger partial charge >= 0.3 is 6.18 Å². The molecular formula is C11H10F3N3. The highest BCUT2D eigenvalue weighted by Gasteiger charge is 2.31. The molecule has 0 N–H and O–H groups in total. The Kier molecular flexibility index (Phi) is 2.87. The highest BCUT2D eigenvalue weighted by atomic mass is 19.4. The first-order valence-electron chi connectivity index (χ1n) is 4.96. The van der Waals surface area contributed by atoms with Crippen molar-refractivity contribution in [1.82, 2.24) is 14.8 Å². The number of aromatic nitrogens is 3. The molecule has 3 nitrogen and oxygen atoms in total. The van der Waals surface area contributed by atoms with E-state index in [4.69, 9.17) is 0 Å². The summed E-state index contributed by atoms with van der Waals surface area (Å²) in [6.45, 7) is 2.31. The molecular weight excluding hydrogens is 231 g/mol. The summed E-state index contributed by atoms with van der Waals surface area (Å²) in [6, 6.07) is 2.39. The molecule has 6 heteroatoms. The van der Waals surface area contributed by atoms with Crippen LogP contribution in [-0.2, 0) is 12.7 Å². The van der Waals surface area contributed by atoms with Crippen LogP contribution in [0.3, 0.4) is 0 Å². The van der Waals surface area contributed by atoms with Crippen LogP contribution in [0.4, 0.5) is 13.2 Å². The number of aryl methyl sites for hydroxylation is 1. The molecule has 0 fully saturated rings. The van der Waals surface area contributed by atoms with Gasteiger partial charge in [0.1, 0.15) is 5.69 Å². The minimum Gasteiger partial charge on any atom is -0.268 e. The van der Waals surface area contributed by atoms with Crippen molar-refractivity contribution in [3.05, 3.63) is 47.5 Å². The largest absolute Gasteiger partial charge is 0.433 e. The van der Waals surface area contributed by atoms with E-state index in [1.807, 2.05) is 13.1 Å². The van der Waals surface area contributed by atoms with Crippen LogP contribution >= 0.6 is 0 Å². The summed E-state index contributed by atoms with van der Waals surface area (Å²) in [5, 5.41) is 4.05. The lowest BCUT2D eigenvalue weighted by Gasteiger charge is -2.06. The van der Waals surface area contributed by atoms with Gasteiger partial charge in [-0.3, -0.25) is 9.67 Å². The number of alkyl halides is 3. The fraction of sp³-hybridized carbons (Fsp3) is 0.273. The lowest BCUT2D eigenvalue weighted by molar-refractivity contribution is -0.141. The molecule has 0 aliphatic rings. The molecule has 0 aliphatic heterocycles. The molecule has 0 saturated carbocycles. The third-order valence-electron chi connectivity index (χ3n) is 2.22. The molecule has 0 spiro atoms. The second kappa shape index (κ2) is 4.20. The topological polar surface area (TPSA) is 30.7 Å². The highest BCUT2D eigenvalue weighted by molar-refractivity contribution is 5.16. The number of hydrogen-bond acceptors (Lipinski definition) is 2. The molecule has 2 aromatic rings. The molecule has 2 rings (SSSR count). The van der Waals surface area contributed by atoms with Crippen molar-refractivity contribution < 1.29 is 13.2 Å². The molecule has 0 amide bonds. The third-order valence-corrected chi connectivity index (χ3v) is 2.22. The molecule has 90 valence electrons. The van der Waals surface area contributed by atoms with E-state index in [0.29, 0.717) is 12.1 Å². The number of nitrogens with zero attached hydrogens (tertiary/aromatic N) is 3. The van der Waals surface area contributed by atoms with Crippen LogP contribution in [-0.4, -0.2) is 14.8 Å². The fourth-order valence-electron chi connectivity index (χ4n) is 1.43. The Morgan fingerprint density at radius 3 is 2.47 bits per heavy atom. The maximum atomic E-state index is 12.3. The van der Waals surface area contributed by atoms with E-state index in [1.54, 1.807) is 10.9 Å². The summed E-state index contributed by atoms with van der Waals surface area (Å²) in [5.41, 5.74) is 0.809. The Morgan fingerprint density at radius 2 is 2.00 bits per heavy atom. The van der Waals surface area contributed by atoms with Crippen LogP contribution in [0, 0.1) is 6.92 Å². The molecule has 0 radical (unpaired) electrons. The number of hydrogen-bond donors (Lipinski definition) is 0. The average molecular weight is 241 g/mol. The highest BCUT2D eigenvalue weighted by Crippen LogP contribution is 2.27. The maximum absolute atomic E-state index is 12.3. The van der Waals surface area contributed by atoms with Gasteiger partial charge in [-0.1, -0.05) is 6.07 Å². The van der Waals surface area contributed by atoms with Gasteiger partial charge in [-0.15, -0.1) is 0 Å². The minimum absolute atomic E-state index is 0.416. The summed E-state index contributed by atoms with van der Waals surface area (Å²) < 4.78 is 38.5. The molecule has 0 unspecified atom stereocenters. The molecule has 2 heterocycles. The van der Waals surface area contributed by atoms with Gasteiger partial charge in [0.05, 0.1) is 12.7 Å². The van der Waals surface area contributed by atoms with E-state index in [-0.39, 0.29) is 0 Å². The fourth-order valence-corrected chi connectivity index (χ4v) is 1.43. The first-order valence-corrected chi connectivity index (χ1v) is 4.96. The van der Waals surface area contributed by atoms with Crippen molar-refractivity contribution in [2.45, 2.75) is 19.6 Å². The van der Waals surface area contributed by atoms with E-state index in [9.17, 15) is 13.2 Å². The molecule has 2 aromatic heterocycles. The Balaban J connectivity index is 2.13. The zero-order chi connectivity index (χ0) is 12.5. The summed E-state index contributed by atoms with van der Waals surface area (Å²) in [7, 11) is 0.